The molecule has 0 unspecified atom stereocenters. The monoisotopic (exact) mass is 545 g/mol. The maximum atomic E-state index is 12.4. The van der Waals surface area contributed by atoms with Crippen LogP contribution < -0.4 is 16.0 Å². The number of para-hydroxylation sites is 1. The first kappa shape index (κ1) is 30.2. The van der Waals surface area contributed by atoms with Crippen molar-refractivity contribution in [3.63, 3.8) is 0 Å². The highest BCUT2D eigenvalue weighted by atomic mass is 16.6. The fourth-order valence-corrected chi connectivity index (χ4v) is 3.54. The summed E-state index contributed by atoms with van der Waals surface area (Å²) in [5.74, 6) is 7.15. The Hall–Kier alpha value is -4.39. The van der Waals surface area contributed by atoms with Gasteiger partial charge in [0.15, 0.2) is 0 Å². The van der Waals surface area contributed by atoms with Crippen molar-refractivity contribution in [2.45, 2.75) is 65.5 Å². The van der Waals surface area contributed by atoms with E-state index in [1.165, 1.54) is 4.90 Å². The molecule has 3 N–H and O–H groups in total. The van der Waals surface area contributed by atoms with Crippen molar-refractivity contribution < 1.29 is 14.3 Å². The zero-order chi connectivity index (χ0) is 29.1. The number of hydrogen-bond donors (Lipinski definition) is 3. The van der Waals surface area contributed by atoms with Gasteiger partial charge in [0.05, 0.1) is 29.2 Å². The summed E-state index contributed by atoms with van der Waals surface area (Å²) < 4.78 is 5.32. The molecule has 0 aliphatic rings. The number of pyridine rings is 1. The predicted molar refractivity (Wildman–Crippen MR) is 158 cm³/mol. The van der Waals surface area contributed by atoms with Crippen molar-refractivity contribution in [2.24, 2.45) is 0 Å². The number of nitrogens with zero attached hydrogens (tertiary/aromatic N) is 4. The van der Waals surface area contributed by atoms with Crippen LogP contribution in [0.5, 0.6) is 0 Å². The number of nitrogens with one attached hydrogen (secondary N) is 3. The minimum Gasteiger partial charge on any atom is -0.444 e. The molecule has 0 aliphatic carbocycles. The average molecular weight is 546 g/mol. The Labute approximate surface area is 236 Å². The zero-order valence-corrected chi connectivity index (χ0v) is 24.2. The van der Waals surface area contributed by atoms with Crippen LogP contribution in [0.1, 0.15) is 59.4 Å². The molecular weight excluding hydrogens is 506 g/mol. The SMILES string of the molecule is CCCNc1nc(Nc2cnc3ccccc3c2)ncc1C#CCCCNC(=O)[C@H](C)N(C)C(=O)OC(C)(C)C. The number of ether oxygens (including phenoxy) is 1. The third-order valence-electron chi connectivity index (χ3n) is 5.82. The van der Waals surface area contributed by atoms with E-state index in [9.17, 15) is 9.59 Å². The first-order valence-electron chi connectivity index (χ1n) is 13.5. The van der Waals surface area contributed by atoms with Gasteiger partial charge in [-0.3, -0.25) is 14.7 Å². The van der Waals surface area contributed by atoms with Gasteiger partial charge >= 0.3 is 6.09 Å². The van der Waals surface area contributed by atoms with Gasteiger partial charge in [-0.2, -0.15) is 4.98 Å². The van der Waals surface area contributed by atoms with E-state index in [-0.39, 0.29) is 5.91 Å². The van der Waals surface area contributed by atoms with E-state index in [4.69, 9.17) is 4.74 Å². The van der Waals surface area contributed by atoms with Crippen LogP contribution in [0.15, 0.2) is 42.7 Å². The number of fused-ring (bicyclic) bond motifs is 1. The van der Waals surface area contributed by atoms with E-state index in [0.29, 0.717) is 36.7 Å². The molecule has 0 saturated carbocycles. The third kappa shape index (κ3) is 9.12. The van der Waals surface area contributed by atoms with E-state index in [1.807, 2.05) is 30.3 Å². The summed E-state index contributed by atoms with van der Waals surface area (Å²) in [5.41, 5.74) is 1.80. The molecule has 0 saturated heterocycles. The molecule has 0 aliphatic heterocycles. The van der Waals surface area contributed by atoms with Gasteiger partial charge in [0.1, 0.15) is 17.5 Å². The Bertz CT molecular complexity index is 1370. The second kappa shape index (κ2) is 14.1. The second-order valence-electron chi connectivity index (χ2n) is 10.4. The molecule has 0 fully saturated rings. The number of benzene rings is 1. The lowest BCUT2D eigenvalue weighted by atomic mass is 10.2. The van der Waals surface area contributed by atoms with Crippen LogP contribution in [0, 0.1) is 11.8 Å². The zero-order valence-electron chi connectivity index (χ0n) is 24.2. The molecule has 1 aromatic carbocycles. The molecule has 2 heterocycles. The van der Waals surface area contributed by atoms with E-state index in [1.54, 1.807) is 47.1 Å². The smallest absolute Gasteiger partial charge is 0.410 e. The minimum absolute atomic E-state index is 0.245. The van der Waals surface area contributed by atoms with E-state index in [0.717, 1.165) is 29.6 Å². The number of carbonyl (C=O) groups excluding carboxylic acids is 2. The lowest BCUT2D eigenvalue weighted by molar-refractivity contribution is -0.125. The minimum atomic E-state index is -0.650. The van der Waals surface area contributed by atoms with Crippen molar-refractivity contribution in [3.8, 4) is 11.8 Å². The number of amides is 2. The number of likely N-dealkylation sites (N-methyl/N-ethyl adjacent to an activating group) is 1. The summed E-state index contributed by atoms with van der Waals surface area (Å²) in [5, 5.41) is 10.4. The second-order valence-corrected chi connectivity index (χ2v) is 10.4. The van der Waals surface area contributed by atoms with E-state index in [2.05, 4.69) is 49.7 Å². The van der Waals surface area contributed by atoms with Crippen molar-refractivity contribution in [2.75, 3.05) is 30.8 Å². The number of unbranched alkanes of at least 4 members (excludes halogenated alkanes) is 1. The molecule has 40 heavy (non-hydrogen) atoms. The Kier molecular flexibility index (Phi) is 10.6. The van der Waals surface area contributed by atoms with Gasteiger partial charge < -0.3 is 20.7 Å². The first-order valence-corrected chi connectivity index (χ1v) is 13.5. The maximum absolute atomic E-state index is 12.4. The summed E-state index contributed by atoms with van der Waals surface area (Å²) in [7, 11) is 1.55. The summed E-state index contributed by atoms with van der Waals surface area (Å²) in [6, 6.07) is 9.27. The lowest BCUT2D eigenvalue weighted by Crippen LogP contribution is -2.47. The van der Waals surface area contributed by atoms with Crippen LogP contribution in [-0.2, 0) is 9.53 Å². The van der Waals surface area contributed by atoms with Gasteiger partial charge in [-0.15, -0.1) is 0 Å². The molecule has 3 rings (SSSR count). The van der Waals surface area contributed by atoms with Crippen LogP contribution in [0.3, 0.4) is 0 Å². The van der Waals surface area contributed by atoms with Gasteiger partial charge in [-0.1, -0.05) is 37.0 Å². The Morgan fingerprint density at radius 3 is 2.65 bits per heavy atom. The van der Waals surface area contributed by atoms with Crippen LogP contribution in [0.25, 0.3) is 10.9 Å². The van der Waals surface area contributed by atoms with Crippen LogP contribution in [0.2, 0.25) is 0 Å². The Morgan fingerprint density at radius 1 is 1.12 bits per heavy atom. The molecule has 2 amide bonds. The van der Waals surface area contributed by atoms with Crippen LogP contribution >= 0.6 is 0 Å². The lowest BCUT2D eigenvalue weighted by Gasteiger charge is -2.28. The van der Waals surface area contributed by atoms with Crippen molar-refractivity contribution in [1.29, 1.82) is 0 Å². The summed E-state index contributed by atoms with van der Waals surface area (Å²) >= 11 is 0. The molecule has 3 aromatic rings. The molecule has 0 spiro atoms. The molecule has 212 valence electrons. The summed E-state index contributed by atoms with van der Waals surface area (Å²) in [4.78, 5) is 39.5. The van der Waals surface area contributed by atoms with E-state index < -0.39 is 17.7 Å². The molecular formula is C30H39N7O3. The maximum Gasteiger partial charge on any atom is 0.410 e. The van der Waals surface area contributed by atoms with Crippen LogP contribution in [-0.4, -0.2) is 63.6 Å². The van der Waals surface area contributed by atoms with Gasteiger partial charge in [0.25, 0.3) is 0 Å². The van der Waals surface area contributed by atoms with Crippen molar-refractivity contribution >= 4 is 40.4 Å². The largest absolute Gasteiger partial charge is 0.444 e. The number of hydrogen-bond acceptors (Lipinski definition) is 8. The highest BCUT2D eigenvalue weighted by Crippen LogP contribution is 2.20. The molecule has 0 radical (unpaired) electrons. The van der Waals surface area contributed by atoms with E-state index >= 15 is 0 Å². The fraction of sp³-hybridized carbons (Fsp3) is 0.433. The molecule has 10 nitrogen and oxygen atoms in total. The Balaban J connectivity index is 1.54. The highest BCUT2D eigenvalue weighted by Gasteiger charge is 2.26. The number of aromatic nitrogens is 3. The van der Waals surface area contributed by atoms with Gasteiger partial charge in [-0.25, -0.2) is 9.78 Å². The highest BCUT2D eigenvalue weighted by molar-refractivity contribution is 5.85. The fourth-order valence-electron chi connectivity index (χ4n) is 3.54. The Morgan fingerprint density at radius 2 is 1.90 bits per heavy atom. The predicted octanol–water partition coefficient (Wildman–Crippen LogP) is 5.09. The number of anilines is 3. The van der Waals surface area contributed by atoms with Crippen molar-refractivity contribution in [3.05, 3.63) is 48.3 Å². The first-order chi connectivity index (χ1) is 19.1. The molecule has 10 heteroatoms. The quantitative estimate of drug-likeness (QED) is 0.238. The van der Waals surface area contributed by atoms with Gasteiger partial charge in [0, 0.05) is 31.9 Å². The third-order valence-corrected chi connectivity index (χ3v) is 5.82. The number of rotatable bonds is 10. The normalized spacial score (nSPS) is 11.7. The standard InChI is InChI=1S/C30H39N7O3/c1-7-16-31-26-23(19-34-28(36-26)35-24-18-22-13-10-11-15-25(22)33-20-24)14-9-8-12-17-32-27(38)21(2)37(6)29(39)40-30(3,4)5/h10-11,13,15,18-21H,7-8,12,16-17H2,1-6H3,(H,32,38)(H2,31,34,35,36)/t21-/m0/s1. The number of carbonyl (C=O) groups is 2. The van der Waals surface area contributed by atoms with Crippen LogP contribution in [0.4, 0.5) is 22.2 Å². The summed E-state index contributed by atoms with van der Waals surface area (Å²) in [6.07, 6.45) is 5.10. The van der Waals surface area contributed by atoms with Gasteiger partial charge in [0.2, 0.25) is 11.9 Å². The molecule has 2 aromatic heterocycles. The van der Waals surface area contributed by atoms with Crippen molar-refractivity contribution in [1.82, 2.24) is 25.2 Å². The summed E-state index contributed by atoms with van der Waals surface area (Å²) in [6.45, 7) is 10.3. The topological polar surface area (TPSA) is 121 Å². The van der Waals surface area contributed by atoms with Gasteiger partial charge in [-0.05, 0) is 52.7 Å². The molecule has 1 atom stereocenters. The molecule has 0 bridgehead atoms. The average Bonchev–Trinajstić information content (AvgIpc) is 2.92.